The fourth-order valence-electron chi connectivity index (χ4n) is 2.29. The van der Waals surface area contributed by atoms with Crippen molar-refractivity contribution in [2.45, 2.75) is 12.5 Å². The van der Waals surface area contributed by atoms with Gasteiger partial charge in [0.2, 0.25) is 0 Å². The van der Waals surface area contributed by atoms with Crippen molar-refractivity contribution in [1.82, 2.24) is 5.32 Å². The smallest absolute Gasteiger partial charge is 0.337 e. The summed E-state index contributed by atoms with van der Waals surface area (Å²) in [6, 6.07) is 7.29. The average Bonchev–Trinajstić information content (AvgIpc) is 2.59. The van der Waals surface area contributed by atoms with Crippen molar-refractivity contribution in [3.63, 3.8) is 0 Å². The lowest BCUT2D eigenvalue weighted by Crippen LogP contribution is -2.43. The summed E-state index contributed by atoms with van der Waals surface area (Å²) in [5, 5.41) is 13.4. The van der Waals surface area contributed by atoms with E-state index in [9.17, 15) is 9.90 Å². The molecule has 1 saturated heterocycles. The zero-order valence-corrected chi connectivity index (χ0v) is 11.3. The van der Waals surface area contributed by atoms with Gasteiger partial charge in [-0.3, -0.25) is 0 Å². The Bertz CT molecular complexity index is 460. The van der Waals surface area contributed by atoms with Crippen LogP contribution in [0.15, 0.2) is 24.3 Å². The van der Waals surface area contributed by atoms with Gasteiger partial charge in [-0.05, 0) is 25.1 Å². The maximum absolute atomic E-state index is 11.5. The highest BCUT2D eigenvalue weighted by Crippen LogP contribution is 2.20. The van der Waals surface area contributed by atoms with Crippen LogP contribution in [0.5, 0.6) is 0 Å². The number of hydrogen-bond donors (Lipinski definition) is 2. The first-order chi connectivity index (χ1) is 9.02. The number of β-amino-alcohol motifs (C(OH)–C–C–N with tert-alkyl or cyclic N) is 1. The molecule has 104 valence electrons. The van der Waals surface area contributed by atoms with Gasteiger partial charge in [-0.25, -0.2) is 4.79 Å². The van der Waals surface area contributed by atoms with E-state index in [0.717, 1.165) is 18.8 Å². The van der Waals surface area contributed by atoms with Gasteiger partial charge < -0.3 is 20.1 Å². The Morgan fingerprint density at radius 2 is 2.32 bits per heavy atom. The molecule has 5 heteroatoms. The van der Waals surface area contributed by atoms with Crippen LogP contribution < -0.4 is 10.2 Å². The molecule has 1 aromatic rings. The standard InChI is InChI=1S/C14H20N2O3/c1-14(18)9-15-6-7-16(10-14)12-5-3-4-11(8-12)13(17)19-2/h3-5,8,15,18H,6-7,9-10H2,1-2H3. The molecule has 1 heterocycles. The molecular weight excluding hydrogens is 244 g/mol. The van der Waals surface area contributed by atoms with Crippen LogP contribution in [0.2, 0.25) is 0 Å². The third kappa shape index (κ3) is 3.45. The number of aliphatic hydroxyl groups is 1. The molecule has 2 rings (SSSR count). The van der Waals surface area contributed by atoms with Crippen LogP contribution in [0, 0.1) is 0 Å². The summed E-state index contributed by atoms with van der Waals surface area (Å²) < 4.78 is 4.73. The van der Waals surface area contributed by atoms with Gasteiger partial charge in [-0.1, -0.05) is 6.07 Å². The van der Waals surface area contributed by atoms with E-state index in [0.29, 0.717) is 18.7 Å². The van der Waals surface area contributed by atoms with Crippen molar-refractivity contribution in [2.75, 3.05) is 38.2 Å². The second-order valence-corrected chi connectivity index (χ2v) is 5.14. The summed E-state index contributed by atoms with van der Waals surface area (Å²) in [6.45, 7) is 4.51. The van der Waals surface area contributed by atoms with Gasteiger partial charge in [-0.15, -0.1) is 0 Å². The second-order valence-electron chi connectivity index (χ2n) is 5.14. The third-order valence-corrected chi connectivity index (χ3v) is 3.23. The summed E-state index contributed by atoms with van der Waals surface area (Å²) >= 11 is 0. The molecule has 5 nitrogen and oxygen atoms in total. The maximum Gasteiger partial charge on any atom is 0.337 e. The van der Waals surface area contributed by atoms with Crippen LogP contribution in [0.3, 0.4) is 0 Å². The molecule has 0 radical (unpaired) electrons. The quantitative estimate of drug-likeness (QED) is 0.767. The summed E-state index contributed by atoms with van der Waals surface area (Å²) in [6.07, 6.45) is 0. The molecule has 0 bridgehead atoms. The number of nitrogens with one attached hydrogen (secondary N) is 1. The monoisotopic (exact) mass is 264 g/mol. The highest BCUT2D eigenvalue weighted by Gasteiger charge is 2.26. The van der Waals surface area contributed by atoms with Crippen LogP contribution in [-0.2, 0) is 4.74 Å². The molecule has 0 amide bonds. The van der Waals surface area contributed by atoms with Gasteiger partial charge in [0.15, 0.2) is 0 Å². The first-order valence-corrected chi connectivity index (χ1v) is 6.38. The van der Waals surface area contributed by atoms with E-state index in [1.807, 2.05) is 19.1 Å². The highest BCUT2D eigenvalue weighted by atomic mass is 16.5. The first-order valence-electron chi connectivity index (χ1n) is 6.38. The number of benzene rings is 1. The van der Waals surface area contributed by atoms with Crippen LogP contribution in [0.25, 0.3) is 0 Å². The number of hydrogen-bond acceptors (Lipinski definition) is 5. The van der Waals surface area contributed by atoms with E-state index in [4.69, 9.17) is 4.74 Å². The molecular formula is C14H20N2O3. The van der Waals surface area contributed by atoms with Crippen LogP contribution >= 0.6 is 0 Å². The lowest BCUT2D eigenvalue weighted by atomic mass is 10.1. The Hall–Kier alpha value is -1.59. The Balaban J connectivity index is 2.22. The SMILES string of the molecule is COC(=O)c1cccc(N2CCNCC(C)(O)C2)c1. The van der Waals surface area contributed by atoms with Crippen LogP contribution in [-0.4, -0.2) is 50.0 Å². The molecule has 0 spiro atoms. The summed E-state index contributed by atoms with van der Waals surface area (Å²) in [4.78, 5) is 13.6. The maximum atomic E-state index is 11.5. The fourth-order valence-corrected chi connectivity index (χ4v) is 2.29. The number of methoxy groups -OCH3 is 1. The van der Waals surface area contributed by atoms with Crippen molar-refractivity contribution in [2.24, 2.45) is 0 Å². The number of ether oxygens (including phenoxy) is 1. The van der Waals surface area contributed by atoms with Gasteiger partial charge in [0.05, 0.1) is 18.3 Å². The lowest BCUT2D eigenvalue weighted by Gasteiger charge is -2.29. The van der Waals surface area contributed by atoms with Crippen LogP contribution in [0.1, 0.15) is 17.3 Å². The normalized spacial score (nSPS) is 23.8. The Morgan fingerprint density at radius 3 is 3.05 bits per heavy atom. The van der Waals surface area contributed by atoms with Gasteiger partial charge in [0, 0.05) is 31.9 Å². The largest absolute Gasteiger partial charge is 0.465 e. The zero-order valence-electron chi connectivity index (χ0n) is 11.3. The fraction of sp³-hybridized carbons (Fsp3) is 0.500. The van der Waals surface area contributed by atoms with Crippen molar-refractivity contribution in [1.29, 1.82) is 0 Å². The number of carbonyl (C=O) groups is 1. The number of carbonyl (C=O) groups excluding carboxylic acids is 1. The molecule has 0 saturated carbocycles. The predicted octanol–water partition coefficient (Wildman–Crippen LogP) is 0.634. The van der Waals surface area contributed by atoms with E-state index >= 15 is 0 Å². The molecule has 19 heavy (non-hydrogen) atoms. The van der Waals surface area contributed by atoms with Gasteiger partial charge >= 0.3 is 5.97 Å². The van der Waals surface area contributed by atoms with Crippen LogP contribution in [0.4, 0.5) is 5.69 Å². The first kappa shape index (κ1) is 13.8. The van der Waals surface area contributed by atoms with Crippen molar-refractivity contribution >= 4 is 11.7 Å². The topological polar surface area (TPSA) is 61.8 Å². The second kappa shape index (κ2) is 5.59. The minimum Gasteiger partial charge on any atom is -0.465 e. The molecule has 1 aromatic carbocycles. The predicted molar refractivity (Wildman–Crippen MR) is 73.5 cm³/mol. The summed E-state index contributed by atoms with van der Waals surface area (Å²) in [5.74, 6) is -0.346. The molecule has 1 fully saturated rings. The summed E-state index contributed by atoms with van der Waals surface area (Å²) in [7, 11) is 1.37. The van der Waals surface area contributed by atoms with Crippen molar-refractivity contribution in [3.8, 4) is 0 Å². The van der Waals surface area contributed by atoms with Gasteiger partial charge in [0.1, 0.15) is 0 Å². The van der Waals surface area contributed by atoms with E-state index in [2.05, 4.69) is 10.2 Å². The Kier molecular flexibility index (Phi) is 4.07. The summed E-state index contributed by atoms with van der Waals surface area (Å²) in [5.41, 5.74) is 0.668. The van der Waals surface area contributed by atoms with Gasteiger partial charge in [-0.2, -0.15) is 0 Å². The Labute approximate surface area is 113 Å². The van der Waals surface area contributed by atoms with Crippen molar-refractivity contribution in [3.05, 3.63) is 29.8 Å². The molecule has 1 aliphatic rings. The lowest BCUT2D eigenvalue weighted by molar-refractivity contribution is 0.0600. The average molecular weight is 264 g/mol. The molecule has 1 unspecified atom stereocenters. The molecule has 0 aliphatic carbocycles. The zero-order chi connectivity index (χ0) is 13.9. The minimum atomic E-state index is -0.780. The van der Waals surface area contributed by atoms with Crippen molar-refractivity contribution < 1.29 is 14.6 Å². The number of rotatable bonds is 2. The van der Waals surface area contributed by atoms with E-state index < -0.39 is 5.60 Å². The van der Waals surface area contributed by atoms with E-state index in [-0.39, 0.29) is 5.97 Å². The number of anilines is 1. The highest BCUT2D eigenvalue weighted by molar-refractivity contribution is 5.90. The molecule has 1 atom stereocenters. The number of esters is 1. The molecule has 2 N–H and O–H groups in total. The minimum absolute atomic E-state index is 0.346. The van der Waals surface area contributed by atoms with E-state index in [1.54, 1.807) is 12.1 Å². The van der Waals surface area contributed by atoms with Gasteiger partial charge in [0.25, 0.3) is 0 Å². The van der Waals surface area contributed by atoms with E-state index in [1.165, 1.54) is 7.11 Å². The molecule has 0 aromatic heterocycles. The Morgan fingerprint density at radius 1 is 1.53 bits per heavy atom. The third-order valence-electron chi connectivity index (χ3n) is 3.23. The molecule has 1 aliphatic heterocycles. The number of nitrogens with zero attached hydrogens (tertiary/aromatic N) is 1.